The van der Waals surface area contributed by atoms with Gasteiger partial charge in [0.25, 0.3) is 0 Å². The number of nitrogens with zero attached hydrogens (tertiary/aromatic N) is 1. The van der Waals surface area contributed by atoms with E-state index in [0.717, 1.165) is 31.0 Å². The van der Waals surface area contributed by atoms with E-state index in [1.807, 2.05) is 11.3 Å². The topological polar surface area (TPSA) is 34.1 Å². The van der Waals surface area contributed by atoms with Gasteiger partial charge in [-0.3, -0.25) is 0 Å². The lowest BCUT2D eigenvalue weighted by molar-refractivity contribution is 0.0292. The Kier molecular flexibility index (Phi) is 7.70. The molecular weight excluding hydrogens is 268 g/mol. The minimum absolute atomic E-state index is 0.133. The molecule has 0 aliphatic carbocycles. The van der Waals surface area contributed by atoms with Gasteiger partial charge in [-0.25, -0.2) is 4.98 Å². The molecule has 3 nitrogen and oxygen atoms in total. The van der Waals surface area contributed by atoms with Crippen LogP contribution in [0.5, 0.6) is 0 Å². The van der Waals surface area contributed by atoms with Gasteiger partial charge < -0.3 is 10.1 Å². The molecule has 0 saturated heterocycles. The summed E-state index contributed by atoms with van der Waals surface area (Å²) in [6.45, 7) is 14.7. The Balaban J connectivity index is 2.93. The van der Waals surface area contributed by atoms with E-state index in [2.05, 4.69) is 46.9 Å². The average molecular weight is 298 g/mol. The van der Waals surface area contributed by atoms with E-state index in [1.54, 1.807) is 0 Å². The molecule has 0 aliphatic rings. The Bertz CT molecular complexity index is 388. The first-order chi connectivity index (χ1) is 9.49. The fraction of sp³-hybridized carbons (Fsp3) is 0.812. The molecule has 0 saturated carbocycles. The van der Waals surface area contributed by atoms with Gasteiger partial charge in [-0.15, -0.1) is 11.3 Å². The molecule has 116 valence electrons. The summed E-state index contributed by atoms with van der Waals surface area (Å²) in [7, 11) is 0. The number of aromatic nitrogens is 1. The largest absolute Gasteiger partial charge is 0.371 e. The Morgan fingerprint density at radius 1 is 1.20 bits per heavy atom. The van der Waals surface area contributed by atoms with Crippen LogP contribution in [0.15, 0.2) is 0 Å². The molecule has 1 rings (SSSR count). The SMILES string of the molecule is CCCc1nc(C(OCC)C(C)C)sc1CNC(C)C. The Morgan fingerprint density at radius 2 is 1.90 bits per heavy atom. The maximum atomic E-state index is 5.89. The highest BCUT2D eigenvalue weighted by molar-refractivity contribution is 7.11. The van der Waals surface area contributed by atoms with Crippen molar-refractivity contribution in [3.63, 3.8) is 0 Å². The van der Waals surface area contributed by atoms with Crippen LogP contribution in [0.25, 0.3) is 0 Å². The number of nitrogens with one attached hydrogen (secondary N) is 1. The van der Waals surface area contributed by atoms with Crippen molar-refractivity contribution >= 4 is 11.3 Å². The smallest absolute Gasteiger partial charge is 0.122 e. The number of aryl methyl sites for hydroxylation is 1. The first-order valence-electron chi connectivity index (χ1n) is 7.82. The second-order valence-electron chi connectivity index (χ2n) is 5.83. The van der Waals surface area contributed by atoms with Gasteiger partial charge in [-0.1, -0.05) is 41.0 Å². The van der Waals surface area contributed by atoms with E-state index in [4.69, 9.17) is 9.72 Å². The van der Waals surface area contributed by atoms with Crippen LogP contribution in [0.2, 0.25) is 0 Å². The van der Waals surface area contributed by atoms with E-state index in [1.165, 1.54) is 10.6 Å². The third-order valence-electron chi connectivity index (χ3n) is 3.15. The van der Waals surface area contributed by atoms with Crippen molar-refractivity contribution in [2.45, 2.75) is 73.1 Å². The second-order valence-corrected chi connectivity index (χ2v) is 6.94. The molecule has 0 fully saturated rings. The maximum absolute atomic E-state index is 5.89. The van der Waals surface area contributed by atoms with Gasteiger partial charge in [-0.2, -0.15) is 0 Å². The lowest BCUT2D eigenvalue weighted by atomic mass is 10.1. The monoisotopic (exact) mass is 298 g/mol. The van der Waals surface area contributed by atoms with Crippen LogP contribution in [-0.4, -0.2) is 17.6 Å². The molecule has 1 heterocycles. The van der Waals surface area contributed by atoms with Crippen molar-refractivity contribution in [3.05, 3.63) is 15.6 Å². The molecule has 1 N–H and O–H groups in total. The van der Waals surface area contributed by atoms with Gasteiger partial charge in [0.2, 0.25) is 0 Å². The zero-order valence-corrected chi connectivity index (χ0v) is 14.6. The predicted octanol–water partition coefficient (Wildman–Crippen LogP) is 4.33. The van der Waals surface area contributed by atoms with Crippen molar-refractivity contribution in [3.8, 4) is 0 Å². The number of hydrogen-bond acceptors (Lipinski definition) is 4. The van der Waals surface area contributed by atoms with Crippen LogP contribution < -0.4 is 5.32 Å². The summed E-state index contributed by atoms with van der Waals surface area (Å²) in [5.41, 5.74) is 1.26. The van der Waals surface area contributed by atoms with Gasteiger partial charge in [0.15, 0.2) is 0 Å². The highest BCUT2D eigenvalue weighted by Crippen LogP contribution is 2.31. The lowest BCUT2D eigenvalue weighted by Gasteiger charge is -2.18. The zero-order chi connectivity index (χ0) is 15.1. The first-order valence-corrected chi connectivity index (χ1v) is 8.64. The second kappa shape index (κ2) is 8.75. The van der Waals surface area contributed by atoms with E-state index in [9.17, 15) is 0 Å². The van der Waals surface area contributed by atoms with Gasteiger partial charge in [-0.05, 0) is 19.3 Å². The van der Waals surface area contributed by atoms with Gasteiger partial charge >= 0.3 is 0 Å². The predicted molar refractivity (Wildman–Crippen MR) is 87.3 cm³/mol. The Hall–Kier alpha value is -0.450. The van der Waals surface area contributed by atoms with E-state index < -0.39 is 0 Å². The summed E-state index contributed by atoms with van der Waals surface area (Å²) in [6, 6.07) is 0.503. The summed E-state index contributed by atoms with van der Waals surface area (Å²) in [6.07, 6.45) is 2.33. The van der Waals surface area contributed by atoms with Crippen molar-refractivity contribution in [2.75, 3.05) is 6.61 Å². The van der Waals surface area contributed by atoms with Crippen molar-refractivity contribution in [1.29, 1.82) is 0 Å². The van der Waals surface area contributed by atoms with E-state index >= 15 is 0 Å². The highest BCUT2D eigenvalue weighted by Gasteiger charge is 2.22. The molecule has 4 heteroatoms. The molecule has 0 amide bonds. The molecule has 1 unspecified atom stereocenters. The fourth-order valence-electron chi connectivity index (χ4n) is 2.12. The molecule has 1 atom stereocenters. The molecule has 0 spiro atoms. The first kappa shape index (κ1) is 17.6. The summed E-state index contributed by atoms with van der Waals surface area (Å²) in [5, 5.41) is 4.65. The molecule has 0 bridgehead atoms. The summed E-state index contributed by atoms with van der Waals surface area (Å²) in [4.78, 5) is 6.25. The zero-order valence-electron chi connectivity index (χ0n) is 13.8. The van der Waals surface area contributed by atoms with Gasteiger partial charge in [0, 0.05) is 24.1 Å². The number of thiazole rings is 1. The summed E-state index contributed by atoms with van der Waals surface area (Å²) >= 11 is 1.82. The van der Waals surface area contributed by atoms with Crippen LogP contribution in [0.4, 0.5) is 0 Å². The minimum atomic E-state index is 0.133. The van der Waals surface area contributed by atoms with E-state index in [0.29, 0.717) is 12.0 Å². The van der Waals surface area contributed by atoms with Crippen LogP contribution in [0.3, 0.4) is 0 Å². The van der Waals surface area contributed by atoms with Crippen LogP contribution in [0, 0.1) is 5.92 Å². The fourth-order valence-corrected chi connectivity index (χ4v) is 3.41. The van der Waals surface area contributed by atoms with Crippen LogP contribution in [0.1, 0.15) is 69.6 Å². The molecular formula is C16H30N2OS. The number of hydrogen-bond donors (Lipinski definition) is 1. The molecule has 0 radical (unpaired) electrons. The van der Waals surface area contributed by atoms with Gasteiger partial charge in [0.1, 0.15) is 11.1 Å². The summed E-state index contributed by atoms with van der Waals surface area (Å²) in [5.74, 6) is 0.460. The normalized spacial score (nSPS) is 13.4. The molecule has 0 aromatic carbocycles. The molecule has 20 heavy (non-hydrogen) atoms. The molecule has 1 aromatic rings. The van der Waals surface area contributed by atoms with Crippen molar-refractivity contribution in [2.24, 2.45) is 5.92 Å². The Morgan fingerprint density at radius 3 is 2.40 bits per heavy atom. The lowest BCUT2D eigenvalue weighted by Crippen LogP contribution is -2.21. The number of rotatable bonds is 9. The standard InChI is InChI=1S/C16H30N2OS/c1-7-9-13-14(10-17-12(5)6)20-16(18-13)15(11(3)4)19-8-2/h11-12,15,17H,7-10H2,1-6H3. The highest BCUT2D eigenvalue weighted by atomic mass is 32.1. The average Bonchev–Trinajstić information content (AvgIpc) is 2.76. The van der Waals surface area contributed by atoms with Crippen LogP contribution >= 0.6 is 11.3 Å². The summed E-state index contributed by atoms with van der Waals surface area (Å²) < 4.78 is 5.89. The van der Waals surface area contributed by atoms with Crippen molar-refractivity contribution in [1.82, 2.24) is 10.3 Å². The molecule has 0 aliphatic heterocycles. The molecule has 1 aromatic heterocycles. The van der Waals surface area contributed by atoms with Crippen molar-refractivity contribution < 1.29 is 4.74 Å². The maximum Gasteiger partial charge on any atom is 0.122 e. The van der Waals surface area contributed by atoms with E-state index in [-0.39, 0.29) is 6.10 Å². The number of ether oxygens (including phenoxy) is 1. The minimum Gasteiger partial charge on any atom is -0.371 e. The van der Waals surface area contributed by atoms with Gasteiger partial charge in [0.05, 0.1) is 5.69 Å². The quantitative estimate of drug-likeness (QED) is 0.737. The Labute approximate surface area is 128 Å². The van der Waals surface area contributed by atoms with Crippen LogP contribution in [-0.2, 0) is 17.7 Å². The third-order valence-corrected chi connectivity index (χ3v) is 4.31. The third kappa shape index (κ3) is 5.15.